The van der Waals surface area contributed by atoms with Crippen molar-refractivity contribution in [3.05, 3.63) is 42.2 Å². The van der Waals surface area contributed by atoms with Gasteiger partial charge >= 0.3 is 0 Å². The minimum Gasteiger partial charge on any atom is -0.490 e. The van der Waals surface area contributed by atoms with E-state index in [4.69, 9.17) is 10.5 Å². The van der Waals surface area contributed by atoms with Crippen LogP contribution in [0, 0.1) is 5.92 Å². The van der Waals surface area contributed by atoms with E-state index in [-0.39, 0.29) is 0 Å². The fourth-order valence-electron chi connectivity index (χ4n) is 3.59. The Hall–Kier alpha value is -2.34. The number of hydrogen-bond donors (Lipinski definition) is 1. The average molecular weight is 341 g/mol. The van der Waals surface area contributed by atoms with Crippen molar-refractivity contribution in [2.75, 3.05) is 37.9 Å². The Morgan fingerprint density at radius 3 is 2.76 bits per heavy atom. The molecule has 1 aromatic carbocycles. The third kappa shape index (κ3) is 3.85. The molecular weight excluding hydrogens is 314 g/mol. The summed E-state index contributed by atoms with van der Waals surface area (Å²) >= 11 is 0. The highest BCUT2D eigenvalue weighted by Gasteiger charge is 2.31. The van der Waals surface area contributed by atoms with E-state index in [1.54, 1.807) is 7.11 Å². The number of rotatable bonds is 5. The number of piperidine rings is 1. The van der Waals surface area contributed by atoms with Crippen molar-refractivity contribution < 1.29 is 4.74 Å². The van der Waals surface area contributed by atoms with E-state index in [9.17, 15) is 0 Å². The Morgan fingerprint density at radius 1 is 1.28 bits per heavy atom. The molecule has 2 heterocycles. The minimum absolute atomic E-state index is 0.348. The zero-order valence-electron chi connectivity index (χ0n) is 15.2. The van der Waals surface area contributed by atoms with Crippen molar-refractivity contribution in [3.8, 4) is 5.75 Å². The van der Waals surface area contributed by atoms with Gasteiger partial charge in [0.05, 0.1) is 7.11 Å². The van der Waals surface area contributed by atoms with Crippen LogP contribution in [0.2, 0.25) is 0 Å². The maximum atomic E-state index is 5.95. The number of nitrogens with two attached hydrogens (primary N) is 1. The van der Waals surface area contributed by atoms with Gasteiger partial charge in [0.1, 0.15) is 6.33 Å². The maximum absolute atomic E-state index is 5.95. The highest BCUT2D eigenvalue weighted by atomic mass is 16.5. The van der Waals surface area contributed by atoms with Gasteiger partial charge in [0.2, 0.25) is 5.75 Å². The van der Waals surface area contributed by atoms with Crippen LogP contribution in [-0.4, -0.2) is 48.2 Å². The van der Waals surface area contributed by atoms with E-state index in [1.165, 1.54) is 11.9 Å². The lowest BCUT2D eigenvalue weighted by molar-refractivity contribution is 0.158. The molecule has 0 amide bonds. The molecule has 1 saturated heterocycles. The maximum Gasteiger partial charge on any atom is 0.204 e. The molecule has 0 spiro atoms. The molecule has 0 aliphatic carbocycles. The number of ether oxygens (including phenoxy) is 1. The molecular formula is C19H27N5O. The molecule has 2 N–H and O–H groups in total. The third-order valence-corrected chi connectivity index (χ3v) is 5.10. The number of likely N-dealkylation sites (N-methyl/N-ethyl adjacent to an activating group) is 1. The first kappa shape index (κ1) is 17.5. The molecule has 1 aliphatic rings. The molecule has 3 rings (SSSR count). The molecule has 1 aliphatic heterocycles. The molecule has 0 saturated carbocycles. The van der Waals surface area contributed by atoms with Crippen LogP contribution in [0.15, 0.2) is 36.7 Å². The van der Waals surface area contributed by atoms with Gasteiger partial charge in [-0.05, 0) is 24.4 Å². The normalized spacial score (nSPS) is 21.1. The number of nitrogen functional groups attached to an aromatic ring is 1. The summed E-state index contributed by atoms with van der Waals surface area (Å²) in [6.45, 7) is 5.38. The Balaban J connectivity index is 1.77. The molecule has 6 heteroatoms. The Bertz CT molecular complexity index is 693. The van der Waals surface area contributed by atoms with E-state index in [2.05, 4.69) is 64.1 Å². The molecule has 1 fully saturated rings. The second-order valence-electron chi connectivity index (χ2n) is 6.78. The summed E-state index contributed by atoms with van der Waals surface area (Å²) in [6, 6.07) is 11.0. The van der Waals surface area contributed by atoms with Crippen LogP contribution < -0.4 is 15.4 Å². The molecule has 25 heavy (non-hydrogen) atoms. The van der Waals surface area contributed by atoms with Gasteiger partial charge in [-0.25, -0.2) is 9.97 Å². The minimum atomic E-state index is 0.348. The summed E-state index contributed by atoms with van der Waals surface area (Å²) in [5, 5.41) is 0. The van der Waals surface area contributed by atoms with E-state index in [0.29, 0.717) is 23.5 Å². The SMILES string of the molecule is COc1c(N)ncnc1N(C)[C@H]1CN(Cc2ccccc2)CC[C@H]1C. The lowest BCUT2D eigenvalue weighted by Crippen LogP contribution is -2.51. The zero-order valence-corrected chi connectivity index (χ0v) is 15.2. The van der Waals surface area contributed by atoms with Crippen LogP contribution in [0.5, 0.6) is 5.75 Å². The van der Waals surface area contributed by atoms with Crippen molar-refractivity contribution in [3.63, 3.8) is 0 Å². The van der Waals surface area contributed by atoms with Crippen molar-refractivity contribution in [2.45, 2.75) is 25.9 Å². The predicted molar refractivity (Wildman–Crippen MR) is 101 cm³/mol. The van der Waals surface area contributed by atoms with Crippen LogP contribution in [0.3, 0.4) is 0 Å². The fourth-order valence-corrected chi connectivity index (χ4v) is 3.59. The smallest absolute Gasteiger partial charge is 0.204 e. The third-order valence-electron chi connectivity index (χ3n) is 5.10. The zero-order chi connectivity index (χ0) is 17.8. The van der Waals surface area contributed by atoms with Crippen molar-refractivity contribution in [1.82, 2.24) is 14.9 Å². The quantitative estimate of drug-likeness (QED) is 0.901. The van der Waals surface area contributed by atoms with Crippen LogP contribution >= 0.6 is 0 Å². The molecule has 134 valence electrons. The number of aromatic nitrogens is 2. The lowest BCUT2D eigenvalue weighted by atomic mass is 9.92. The van der Waals surface area contributed by atoms with Crippen molar-refractivity contribution in [2.24, 2.45) is 5.92 Å². The molecule has 0 radical (unpaired) electrons. The highest BCUT2D eigenvalue weighted by molar-refractivity contribution is 5.62. The molecule has 1 aromatic heterocycles. The van der Waals surface area contributed by atoms with Gasteiger partial charge < -0.3 is 15.4 Å². The largest absolute Gasteiger partial charge is 0.490 e. The Kier molecular flexibility index (Phi) is 5.38. The fraction of sp³-hybridized carbons (Fsp3) is 0.474. The summed E-state index contributed by atoms with van der Waals surface area (Å²) in [6.07, 6.45) is 2.66. The van der Waals surface area contributed by atoms with Crippen LogP contribution in [0.25, 0.3) is 0 Å². The van der Waals surface area contributed by atoms with E-state index >= 15 is 0 Å². The second kappa shape index (κ2) is 7.70. The number of nitrogens with zero attached hydrogens (tertiary/aromatic N) is 4. The Morgan fingerprint density at radius 2 is 2.04 bits per heavy atom. The molecule has 0 unspecified atom stereocenters. The number of likely N-dealkylation sites (tertiary alicyclic amines) is 1. The van der Waals surface area contributed by atoms with E-state index < -0.39 is 0 Å². The summed E-state index contributed by atoms with van der Waals surface area (Å²) in [5.74, 6) is 2.26. The van der Waals surface area contributed by atoms with Gasteiger partial charge in [0, 0.05) is 26.2 Å². The average Bonchev–Trinajstić information content (AvgIpc) is 2.63. The topological polar surface area (TPSA) is 67.5 Å². The van der Waals surface area contributed by atoms with Gasteiger partial charge in [0.15, 0.2) is 11.6 Å². The van der Waals surface area contributed by atoms with Gasteiger partial charge in [-0.3, -0.25) is 4.90 Å². The molecule has 0 bridgehead atoms. The first-order valence-electron chi connectivity index (χ1n) is 8.73. The summed E-state index contributed by atoms with van der Waals surface area (Å²) in [5.41, 5.74) is 7.30. The van der Waals surface area contributed by atoms with E-state index in [1.807, 2.05) is 0 Å². The standard InChI is InChI=1S/C19H27N5O/c1-14-9-10-24(11-15-7-5-4-6-8-15)12-16(14)23(2)19-17(25-3)18(20)21-13-22-19/h4-8,13-14,16H,9-12H2,1-3H3,(H2,20,21,22)/t14-,16+/m1/s1. The van der Waals surface area contributed by atoms with Gasteiger partial charge in [0.25, 0.3) is 0 Å². The lowest BCUT2D eigenvalue weighted by Gasteiger charge is -2.42. The van der Waals surface area contributed by atoms with Crippen LogP contribution in [0.4, 0.5) is 11.6 Å². The van der Waals surface area contributed by atoms with Gasteiger partial charge in [-0.2, -0.15) is 0 Å². The van der Waals surface area contributed by atoms with Crippen molar-refractivity contribution in [1.29, 1.82) is 0 Å². The summed E-state index contributed by atoms with van der Waals surface area (Å²) in [7, 11) is 3.68. The van der Waals surface area contributed by atoms with Crippen molar-refractivity contribution >= 4 is 11.6 Å². The monoisotopic (exact) mass is 341 g/mol. The molecule has 6 nitrogen and oxygen atoms in total. The number of methoxy groups -OCH3 is 1. The summed E-state index contributed by atoms with van der Waals surface area (Å²) in [4.78, 5) is 13.2. The number of benzene rings is 1. The predicted octanol–water partition coefficient (Wildman–Crippen LogP) is 2.41. The van der Waals surface area contributed by atoms with Crippen LogP contribution in [-0.2, 0) is 6.54 Å². The first-order chi connectivity index (χ1) is 12.1. The summed E-state index contributed by atoms with van der Waals surface area (Å²) < 4.78 is 5.44. The first-order valence-corrected chi connectivity index (χ1v) is 8.73. The van der Waals surface area contributed by atoms with Crippen LogP contribution in [0.1, 0.15) is 18.9 Å². The Labute approximate surface area is 149 Å². The van der Waals surface area contributed by atoms with Gasteiger partial charge in [-0.15, -0.1) is 0 Å². The van der Waals surface area contributed by atoms with Gasteiger partial charge in [-0.1, -0.05) is 37.3 Å². The molecule has 2 atom stereocenters. The highest BCUT2D eigenvalue weighted by Crippen LogP contribution is 2.33. The van der Waals surface area contributed by atoms with E-state index in [0.717, 1.165) is 31.9 Å². The second-order valence-corrected chi connectivity index (χ2v) is 6.78. The number of hydrogen-bond acceptors (Lipinski definition) is 6. The molecule has 2 aromatic rings. The number of anilines is 2.